The van der Waals surface area contributed by atoms with Crippen LogP contribution < -0.4 is 5.73 Å². The lowest BCUT2D eigenvalue weighted by atomic mass is 10.1. The number of hydrogen-bond acceptors (Lipinski definition) is 2. The van der Waals surface area contributed by atoms with Crippen LogP contribution >= 0.6 is 0 Å². The van der Waals surface area contributed by atoms with Crippen LogP contribution in [0.2, 0.25) is 0 Å². The van der Waals surface area contributed by atoms with Crippen molar-refractivity contribution in [3.63, 3.8) is 0 Å². The Labute approximate surface area is 91.5 Å². The zero-order valence-electron chi connectivity index (χ0n) is 8.48. The number of nitrogens with zero attached hydrogens (tertiary/aromatic N) is 2. The highest BCUT2D eigenvalue weighted by molar-refractivity contribution is 5.65. The van der Waals surface area contributed by atoms with E-state index in [2.05, 4.69) is 5.10 Å². The quantitative estimate of drug-likeness (QED) is 0.812. The average molecular weight is 223 g/mol. The molecule has 0 atom stereocenters. The first kappa shape index (κ1) is 10.6. The van der Waals surface area contributed by atoms with Crippen molar-refractivity contribution in [1.82, 2.24) is 9.78 Å². The Kier molecular flexibility index (Phi) is 2.85. The van der Waals surface area contributed by atoms with E-state index >= 15 is 0 Å². The SMILES string of the molecule is Nc1cccc(-c2cnn(CC(F)F)c2)c1. The first-order valence-electron chi connectivity index (χ1n) is 4.81. The summed E-state index contributed by atoms with van der Waals surface area (Å²) in [7, 11) is 0. The number of anilines is 1. The summed E-state index contributed by atoms with van der Waals surface area (Å²) in [5.41, 5.74) is 7.93. The van der Waals surface area contributed by atoms with Crippen molar-refractivity contribution in [3.8, 4) is 11.1 Å². The molecule has 0 bridgehead atoms. The second-order valence-electron chi connectivity index (χ2n) is 3.47. The summed E-state index contributed by atoms with van der Waals surface area (Å²) in [6, 6.07) is 7.23. The molecule has 0 saturated heterocycles. The molecule has 1 heterocycles. The van der Waals surface area contributed by atoms with E-state index in [1.807, 2.05) is 12.1 Å². The third-order valence-corrected chi connectivity index (χ3v) is 2.18. The topological polar surface area (TPSA) is 43.8 Å². The standard InChI is InChI=1S/C11H11F2N3/c12-11(13)7-16-6-9(5-15-16)8-2-1-3-10(14)4-8/h1-6,11H,7,14H2. The molecule has 1 aromatic heterocycles. The van der Waals surface area contributed by atoms with Gasteiger partial charge in [-0.2, -0.15) is 5.10 Å². The summed E-state index contributed by atoms with van der Waals surface area (Å²) in [5, 5.41) is 3.86. The maximum Gasteiger partial charge on any atom is 0.257 e. The van der Waals surface area contributed by atoms with Crippen LogP contribution in [0.3, 0.4) is 0 Å². The van der Waals surface area contributed by atoms with Gasteiger partial charge in [0, 0.05) is 17.4 Å². The summed E-state index contributed by atoms with van der Waals surface area (Å²) in [5.74, 6) is 0. The Hall–Kier alpha value is -1.91. The first-order valence-corrected chi connectivity index (χ1v) is 4.81. The number of alkyl halides is 2. The zero-order valence-corrected chi connectivity index (χ0v) is 8.48. The predicted octanol–water partition coefficient (Wildman–Crippen LogP) is 2.40. The minimum Gasteiger partial charge on any atom is -0.399 e. The third kappa shape index (κ3) is 2.36. The van der Waals surface area contributed by atoms with E-state index in [1.54, 1.807) is 24.5 Å². The number of benzene rings is 1. The molecule has 0 spiro atoms. The molecule has 2 aromatic rings. The van der Waals surface area contributed by atoms with Crippen molar-refractivity contribution in [3.05, 3.63) is 36.7 Å². The van der Waals surface area contributed by atoms with E-state index in [-0.39, 0.29) is 6.54 Å². The van der Waals surface area contributed by atoms with Crippen molar-refractivity contribution in [2.45, 2.75) is 13.0 Å². The van der Waals surface area contributed by atoms with Gasteiger partial charge >= 0.3 is 0 Å². The normalized spacial score (nSPS) is 10.9. The fraction of sp³-hybridized carbons (Fsp3) is 0.182. The van der Waals surface area contributed by atoms with Crippen LogP contribution in [0, 0.1) is 0 Å². The van der Waals surface area contributed by atoms with Crippen LogP contribution in [-0.2, 0) is 6.54 Å². The maximum atomic E-state index is 12.1. The molecule has 3 nitrogen and oxygen atoms in total. The van der Waals surface area contributed by atoms with E-state index in [0.717, 1.165) is 11.1 Å². The lowest BCUT2D eigenvalue weighted by Gasteiger charge is -1.99. The summed E-state index contributed by atoms with van der Waals surface area (Å²) in [6.07, 6.45) is 0.742. The first-order chi connectivity index (χ1) is 7.65. The van der Waals surface area contributed by atoms with Crippen molar-refractivity contribution in [1.29, 1.82) is 0 Å². The van der Waals surface area contributed by atoms with Gasteiger partial charge < -0.3 is 5.73 Å². The molecule has 0 unspecified atom stereocenters. The Morgan fingerprint density at radius 1 is 1.31 bits per heavy atom. The van der Waals surface area contributed by atoms with Crippen LogP contribution in [0.5, 0.6) is 0 Å². The molecule has 5 heteroatoms. The predicted molar refractivity (Wildman–Crippen MR) is 58.1 cm³/mol. The van der Waals surface area contributed by atoms with Crippen LogP contribution in [0.15, 0.2) is 36.7 Å². The number of nitrogens with two attached hydrogens (primary N) is 1. The second-order valence-corrected chi connectivity index (χ2v) is 3.47. The highest BCUT2D eigenvalue weighted by Gasteiger charge is 2.06. The van der Waals surface area contributed by atoms with Crippen molar-refractivity contribution in [2.75, 3.05) is 5.73 Å². The van der Waals surface area contributed by atoms with E-state index in [4.69, 9.17) is 5.73 Å². The van der Waals surface area contributed by atoms with E-state index < -0.39 is 6.43 Å². The number of aromatic nitrogens is 2. The molecule has 0 radical (unpaired) electrons. The van der Waals surface area contributed by atoms with Crippen molar-refractivity contribution in [2.24, 2.45) is 0 Å². The number of hydrogen-bond donors (Lipinski definition) is 1. The van der Waals surface area contributed by atoms with Gasteiger partial charge in [-0.05, 0) is 17.7 Å². The van der Waals surface area contributed by atoms with E-state index in [0.29, 0.717) is 5.69 Å². The molecule has 0 fully saturated rings. The van der Waals surface area contributed by atoms with Crippen LogP contribution in [-0.4, -0.2) is 16.2 Å². The summed E-state index contributed by atoms with van der Waals surface area (Å²) >= 11 is 0. The van der Waals surface area contributed by atoms with E-state index in [1.165, 1.54) is 4.68 Å². The molecular formula is C11H11F2N3. The Balaban J connectivity index is 2.24. The lowest BCUT2D eigenvalue weighted by Crippen LogP contribution is -2.06. The van der Waals surface area contributed by atoms with Crippen LogP contribution in [0.1, 0.15) is 0 Å². The van der Waals surface area contributed by atoms with Gasteiger partial charge in [-0.3, -0.25) is 4.68 Å². The molecule has 0 aliphatic heterocycles. The van der Waals surface area contributed by atoms with Gasteiger partial charge in [0.1, 0.15) is 6.54 Å². The molecule has 0 amide bonds. The van der Waals surface area contributed by atoms with Crippen molar-refractivity contribution < 1.29 is 8.78 Å². The smallest absolute Gasteiger partial charge is 0.257 e. The fourth-order valence-corrected chi connectivity index (χ4v) is 1.47. The Morgan fingerprint density at radius 2 is 2.12 bits per heavy atom. The molecule has 0 saturated carbocycles. The number of nitrogen functional groups attached to an aromatic ring is 1. The lowest BCUT2D eigenvalue weighted by molar-refractivity contribution is 0.122. The van der Waals surface area contributed by atoms with Crippen LogP contribution in [0.4, 0.5) is 14.5 Å². The molecular weight excluding hydrogens is 212 g/mol. The minimum absolute atomic E-state index is 0.387. The third-order valence-electron chi connectivity index (χ3n) is 2.18. The van der Waals surface area contributed by atoms with Gasteiger partial charge in [0.05, 0.1) is 6.20 Å². The summed E-state index contributed by atoms with van der Waals surface area (Å²) in [6.45, 7) is -0.387. The van der Waals surface area contributed by atoms with Crippen LogP contribution in [0.25, 0.3) is 11.1 Å². The zero-order chi connectivity index (χ0) is 11.5. The highest BCUT2D eigenvalue weighted by Crippen LogP contribution is 2.20. The molecule has 84 valence electrons. The summed E-state index contributed by atoms with van der Waals surface area (Å²) < 4.78 is 25.5. The molecule has 1 aromatic carbocycles. The Morgan fingerprint density at radius 3 is 2.81 bits per heavy atom. The maximum absolute atomic E-state index is 12.1. The minimum atomic E-state index is -2.39. The average Bonchev–Trinajstić information content (AvgIpc) is 2.65. The van der Waals surface area contributed by atoms with Gasteiger partial charge in [-0.25, -0.2) is 8.78 Å². The number of halogens is 2. The van der Waals surface area contributed by atoms with Gasteiger partial charge in [0.25, 0.3) is 6.43 Å². The molecule has 2 rings (SSSR count). The number of rotatable bonds is 3. The largest absolute Gasteiger partial charge is 0.399 e. The molecule has 2 N–H and O–H groups in total. The van der Waals surface area contributed by atoms with Gasteiger partial charge in [0.15, 0.2) is 0 Å². The molecule has 0 aliphatic rings. The van der Waals surface area contributed by atoms with Gasteiger partial charge in [-0.15, -0.1) is 0 Å². The van der Waals surface area contributed by atoms with Gasteiger partial charge in [-0.1, -0.05) is 12.1 Å². The fourth-order valence-electron chi connectivity index (χ4n) is 1.47. The Bertz CT molecular complexity index is 480. The molecule has 0 aliphatic carbocycles. The van der Waals surface area contributed by atoms with Crippen molar-refractivity contribution >= 4 is 5.69 Å². The highest BCUT2D eigenvalue weighted by atomic mass is 19.3. The second kappa shape index (κ2) is 4.30. The van der Waals surface area contributed by atoms with Gasteiger partial charge in [0.2, 0.25) is 0 Å². The summed E-state index contributed by atoms with van der Waals surface area (Å²) in [4.78, 5) is 0. The van der Waals surface area contributed by atoms with E-state index in [9.17, 15) is 8.78 Å². The molecule has 16 heavy (non-hydrogen) atoms. The monoisotopic (exact) mass is 223 g/mol.